The molecule has 4 atom stereocenters. The summed E-state index contributed by atoms with van der Waals surface area (Å²) in [5.41, 5.74) is 3.68. The average molecular weight is 323 g/mol. The van der Waals surface area contributed by atoms with Gasteiger partial charge in [-0.1, -0.05) is 23.3 Å². The number of allylic oxidation sites excluding steroid dienone is 2. The molecule has 2 aliphatic carbocycles. The van der Waals surface area contributed by atoms with Gasteiger partial charge in [0.2, 0.25) is 11.8 Å². The lowest BCUT2D eigenvalue weighted by Crippen LogP contribution is -2.33. The molecule has 3 fully saturated rings. The molecule has 1 aromatic rings. The molecular formula is C20H21NO3. The molecule has 0 spiro atoms. The minimum absolute atomic E-state index is 0.0666. The molecule has 4 nitrogen and oxygen atoms in total. The molecule has 2 saturated carbocycles. The lowest BCUT2D eigenvalue weighted by Gasteiger charge is -2.19. The Balaban J connectivity index is 1.75. The van der Waals surface area contributed by atoms with Gasteiger partial charge in [-0.2, -0.15) is 0 Å². The van der Waals surface area contributed by atoms with E-state index in [9.17, 15) is 14.4 Å². The van der Waals surface area contributed by atoms with Gasteiger partial charge in [0.15, 0.2) is 5.78 Å². The van der Waals surface area contributed by atoms with Crippen molar-refractivity contribution in [2.24, 2.45) is 23.7 Å². The number of rotatable bonds is 2. The van der Waals surface area contributed by atoms with Crippen LogP contribution in [-0.4, -0.2) is 17.6 Å². The molecule has 3 aliphatic rings. The summed E-state index contributed by atoms with van der Waals surface area (Å²) in [6, 6.07) is 6.84. The molecule has 124 valence electrons. The maximum Gasteiger partial charge on any atom is 0.238 e. The van der Waals surface area contributed by atoms with E-state index in [1.165, 1.54) is 23.0 Å². The van der Waals surface area contributed by atoms with E-state index >= 15 is 0 Å². The lowest BCUT2D eigenvalue weighted by molar-refractivity contribution is -0.123. The highest BCUT2D eigenvalue weighted by molar-refractivity contribution is 6.23. The summed E-state index contributed by atoms with van der Waals surface area (Å²) in [5.74, 6) is -0.203. The number of hydrogen-bond acceptors (Lipinski definition) is 3. The summed E-state index contributed by atoms with van der Waals surface area (Å²) in [4.78, 5) is 39.0. The first-order valence-corrected chi connectivity index (χ1v) is 8.58. The molecule has 0 aromatic heterocycles. The zero-order chi connectivity index (χ0) is 17.2. The summed E-state index contributed by atoms with van der Waals surface area (Å²) in [7, 11) is 0. The second-order valence-corrected chi connectivity index (χ2v) is 7.42. The van der Waals surface area contributed by atoms with Gasteiger partial charge in [-0.05, 0) is 57.6 Å². The number of nitrogens with zero attached hydrogens (tertiary/aromatic N) is 1. The number of carbonyl (C=O) groups excluding carboxylic acids is 3. The summed E-state index contributed by atoms with van der Waals surface area (Å²) in [5, 5.41) is 0. The Morgan fingerprint density at radius 3 is 2.08 bits per heavy atom. The summed E-state index contributed by atoms with van der Waals surface area (Å²) >= 11 is 0. The Kier molecular flexibility index (Phi) is 3.27. The largest absolute Gasteiger partial charge is 0.295 e. The quantitative estimate of drug-likeness (QED) is 0.476. The van der Waals surface area contributed by atoms with Crippen LogP contribution in [0.25, 0.3) is 0 Å². The molecule has 2 bridgehead atoms. The van der Waals surface area contributed by atoms with Gasteiger partial charge in [0.1, 0.15) is 0 Å². The zero-order valence-electron chi connectivity index (χ0n) is 14.2. The molecule has 0 radical (unpaired) electrons. The van der Waals surface area contributed by atoms with Crippen molar-refractivity contribution in [1.82, 2.24) is 0 Å². The highest BCUT2D eigenvalue weighted by Crippen LogP contribution is 2.60. The fraction of sp³-hybridized carbons (Fsp3) is 0.450. The van der Waals surface area contributed by atoms with E-state index in [-0.39, 0.29) is 41.3 Å². The molecule has 1 heterocycles. The number of carbonyl (C=O) groups is 3. The Bertz CT molecular complexity index is 771. The molecule has 1 saturated heterocycles. The number of amides is 2. The van der Waals surface area contributed by atoms with E-state index in [1.54, 1.807) is 24.3 Å². The average Bonchev–Trinajstić information content (AvgIpc) is 3.17. The van der Waals surface area contributed by atoms with Gasteiger partial charge in [-0.15, -0.1) is 0 Å². The number of fused-ring (bicyclic) bond motifs is 5. The van der Waals surface area contributed by atoms with Crippen LogP contribution in [0, 0.1) is 23.7 Å². The van der Waals surface area contributed by atoms with Gasteiger partial charge in [-0.25, -0.2) is 4.90 Å². The zero-order valence-corrected chi connectivity index (χ0v) is 14.2. The minimum atomic E-state index is -0.206. The second kappa shape index (κ2) is 5.13. The van der Waals surface area contributed by atoms with Crippen LogP contribution in [0.5, 0.6) is 0 Å². The molecule has 1 aliphatic heterocycles. The molecule has 4 heteroatoms. The highest BCUT2D eigenvalue weighted by Gasteiger charge is 2.63. The second-order valence-electron chi connectivity index (χ2n) is 7.42. The van der Waals surface area contributed by atoms with Gasteiger partial charge >= 0.3 is 0 Å². The molecule has 2 amide bonds. The number of anilines is 1. The monoisotopic (exact) mass is 323 g/mol. The summed E-state index contributed by atoms with van der Waals surface area (Å²) < 4.78 is 0. The third kappa shape index (κ3) is 1.89. The van der Waals surface area contributed by atoms with Gasteiger partial charge in [0.05, 0.1) is 17.5 Å². The maximum atomic E-state index is 13.0. The Morgan fingerprint density at radius 1 is 1.00 bits per heavy atom. The summed E-state index contributed by atoms with van der Waals surface area (Å²) in [6.07, 6.45) is 2.01. The third-order valence-corrected chi connectivity index (χ3v) is 5.94. The number of ketones is 1. The van der Waals surface area contributed by atoms with Crippen LogP contribution in [-0.2, 0) is 9.59 Å². The molecule has 1 aromatic carbocycles. The summed E-state index contributed by atoms with van der Waals surface area (Å²) in [6.45, 7) is 5.66. The fourth-order valence-electron chi connectivity index (χ4n) is 5.11. The molecular weight excluding hydrogens is 302 g/mol. The van der Waals surface area contributed by atoms with Crippen LogP contribution in [0.4, 0.5) is 5.69 Å². The van der Waals surface area contributed by atoms with Gasteiger partial charge < -0.3 is 0 Å². The first-order valence-electron chi connectivity index (χ1n) is 8.58. The Hall–Kier alpha value is -2.23. The van der Waals surface area contributed by atoms with E-state index in [0.717, 1.165) is 12.8 Å². The minimum Gasteiger partial charge on any atom is -0.295 e. The van der Waals surface area contributed by atoms with Crippen molar-refractivity contribution in [3.05, 3.63) is 41.0 Å². The van der Waals surface area contributed by atoms with Crippen LogP contribution in [0.1, 0.15) is 44.0 Å². The van der Waals surface area contributed by atoms with Crippen LogP contribution in [0.2, 0.25) is 0 Å². The Morgan fingerprint density at radius 2 is 1.58 bits per heavy atom. The Labute approximate surface area is 141 Å². The fourth-order valence-corrected chi connectivity index (χ4v) is 5.11. The normalized spacial score (nSPS) is 31.0. The third-order valence-electron chi connectivity index (χ3n) is 5.94. The molecule has 0 N–H and O–H groups in total. The molecule has 4 rings (SSSR count). The van der Waals surface area contributed by atoms with E-state index in [4.69, 9.17) is 0 Å². The lowest BCUT2D eigenvalue weighted by atomic mass is 9.81. The van der Waals surface area contributed by atoms with Crippen LogP contribution < -0.4 is 4.90 Å². The van der Waals surface area contributed by atoms with Crippen molar-refractivity contribution in [2.75, 3.05) is 4.90 Å². The molecule has 24 heavy (non-hydrogen) atoms. The number of hydrogen-bond donors (Lipinski definition) is 0. The van der Waals surface area contributed by atoms with Crippen LogP contribution >= 0.6 is 0 Å². The van der Waals surface area contributed by atoms with Crippen molar-refractivity contribution in [1.29, 1.82) is 0 Å². The van der Waals surface area contributed by atoms with Gasteiger partial charge in [0, 0.05) is 5.56 Å². The predicted molar refractivity (Wildman–Crippen MR) is 90.5 cm³/mol. The van der Waals surface area contributed by atoms with E-state index in [2.05, 4.69) is 13.8 Å². The topological polar surface area (TPSA) is 54.5 Å². The number of imide groups is 1. The van der Waals surface area contributed by atoms with Crippen molar-refractivity contribution >= 4 is 23.3 Å². The highest BCUT2D eigenvalue weighted by atomic mass is 16.2. The van der Waals surface area contributed by atoms with Crippen molar-refractivity contribution < 1.29 is 14.4 Å². The first kappa shape index (κ1) is 15.3. The van der Waals surface area contributed by atoms with Crippen LogP contribution in [0.15, 0.2) is 35.4 Å². The van der Waals surface area contributed by atoms with Crippen molar-refractivity contribution in [2.45, 2.75) is 33.6 Å². The maximum absolute atomic E-state index is 13.0. The van der Waals surface area contributed by atoms with E-state index in [0.29, 0.717) is 11.3 Å². The SMILES string of the molecule is CC(=O)c1cccc(N2C(=O)[C@@H]3[C@H](C2=O)[C@H]2CC[C@H]3C2=C(C)C)c1. The number of Topliss-reactive ketones (excluding diaryl/α,β-unsaturated/α-hetero) is 1. The van der Waals surface area contributed by atoms with Gasteiger partial charge in [0.25, 0.3) is 0 Å². The number of benzene rings is 1. The van der Waals surface area contributed by atoms with Crippen molar-refractivity contribution in [3.8, 4) is 0 Å². The van der Waals surface area contributed by atoms with Crippen LogP contribution in [0.3, 0.4) is 0 Å². The smallest absolute Gasteiger partial charge is 0.238 e. The standard InChI is InChI=1S/C20H21NO3/c1-10(2)16-14-7-8-15(16)18-17(14)19(23)21(20(18)24)13-6-4-5-12(9-13)11(3)22/h4-6,9,14-15,17-18H,7-8H2,1-3H3/t14-,15-,17-,18+/m0/s1. The van der Waals surface area contributed by atoms with E-state index < -0.39 is 0 Å². The molecule has 0 unspecified atom stereocenters. The van der Waals surface area contributed by atoms with Gasteiger partial charge in [-0.3, -0.25) is 14.4 Å². The predicted octanol–water partition coefficient (Wildman–Crippen LogP) is 3.37. The van der Waals surface area contributed by atoms with Crippen molar-refractivity contribution in [3.63, 3.8) is 0 Å². The van der Waals surface area contributed by atoms with E-state index in [1.807, 2.05) is 0 Å². The first-order chi connectivity index (χ1) is 11.4.